The van der Waals surface area contributed by atoms with E-state index in [1.807, 2.05) is 0 Å². The van der Waals surface area contributed by atoms with Crippen molar-refractivity contribution in [2.24, 2.45) is 0 Å². The molecule has 1 rings (SSSR count). The van der Waals surface area contributed by atoms with Gasteiger partial charge in [-0.3, -0.25) is 0 Å². The Morgan fingerprint density at radius 1 is 1.50 bits per heavy atom. The topological polar surface area (TPSA) is 49.7 Å². The summed E-state index contributed by atoms with van der Waals surface area (Å²) < 4.78 is 5.63. The van der Waals surface area contributed by atoms with Crippen molar-refractivity contribution in [1.82, 2.24) is 0 Å². The summed E-state index contributed by atoms with van der Waals surface area (Å²) in [5.41, 5.74) is 1.05. The summed E-state index contributed by atoms with van der Waals surface area (Å²) in [6.45, 7) is 1.80. The van der Waals surface area contributed by atoms with Gasteiger partial charge in [0.15, 0.2) is 0 Å². The minimum atomic E-state index is -1.58. The lowest BCUT2D eigenvalue weighted by atomic mass is 9.79. The minimum Gasteiger partial charge on any atom is -0.495 e. The standard InChI is InChI=1S/C8H9BBrClO3/c1-4-3-5(9(12)13)7(11)6(10)8(4)14-2/h3,12-13H,1-2H3. The average Bonchev–Trinajstić information content (AvgIpc) is 2.12. The Kier molecular flexibility index (Phi) is 3.83. The van der Waals surface area contributed by atoms with Gasteiger partial charge in [0.25, 0.3) is 0 Å². The molecule has 0 radical (unpaired) electrons. The molecule has 0 unspecified atom stereocenters. The van der Waals surface area contributed by atoms with Crippen LogP contribution in [0.15, 0.2) is 10.5 Å². The first-order chi connectivity index (χ1) is 6.49. The first-order valence-electron chi connectivity index (χ1n) is 3.87. The Morgan fingerprint density at radius 2 is 2.07 bits per heavy atom. The molecule has 0 saturated carbocycles. The van der Waals surface area contributed by atoms with E-state index in [1.165, 1.54) is 7.11 Å². The highest BCUT2D eigenvalue weighted by Crippen LogP contribution is 2.33. The molecule has 0 aromatic heterocycles. The van der Waals surface area contributed by atoms with Crippen LogP contribution in [0.1, 0.15) is 5.56 Å². The Morgan fingerprint density at radius 3 is 2.50 bits per heavy atom. The molecule has 0 atom stereocenters. The third-order valence-corrected chi connectivity index (χ3v) is 3.25. The third-order valence-electron chi connectivity index (χ3n) is 1.86. The molecule has 0 aliphatic heterocycles. The van der Waals surface area contributed by atoms with Crippen LogP contribution >= 0.6 is 27.5 Å². The smallest absolute Gasteiger partial charge is 0.490 e. The Hall–Kier alpha value is -0.225. The fourth-order valence-corrected chi connectivity index (χ4v) is 2.14. The van der Waals surface area contributed by atoms with E-state index in [0.717, 1.165) is 5.56 Å². The number of aryl methyl sites for hydroxylation is 1. The summed E-state index contributed by atoms with van der Waals surface area (Å²) in [4.78, 5) is 0. The van der Waals surface area contributed by atoms with E-state index in [4.69, 9.17) is 26.4 Å². The zero-order chi connectivity index (χ0) is 10.9. The lowest BCUT2D eigenvalue weighted by molar-refractivity contribution is 0.408. The Balaban J connectivity index is 3.40. The van der Waals surface area contributed by atoms with Gasteiger partial charge < -0.3 is 14.8 Å². The predicted molar refractivity (Wildman–Crippen MR) is 60.3 cm³/mol. The summed E-state index contributed by atoms with van der Waals surface area (Å²) in [6.07, 6.45) is 0. The van der Waals surface area contributed by atoms with Crippen LogP contribution in [-0.2, 0) is 0 Å². The van der Waals surface area contributed by atoms with Crippen molar-refractivity contribution in [3.8, 4) is 5.75 Å². The molecule has 0 fully saturated rings. The monoisotopic (exact) mass is 278 g/mol. The van der Waals surface area contributed by atoms with Crippen molar-refractivity contribution in [2.45, 2.75) is 6.92 Å². The second-order valence-corrected chi connectivity index (χ2v) is 3.99. The van der Waals surface area contributed by atoms with Crippen LogP contribution < -0.4 is 10.2 Å². The van der Waals surface area contributed by atoms with Crippen LogP contribution in [0.3, 0.4) is 0 Å². The maximum Gasteiger partial charge on any atom is 0.490 e. The van der Waals surface area contributed by atoms with Gasteiger partial charge in [-0.1, -0.05) is 17.7 Å². The SMILES string of the molecule is COc1c(C)cc(B(O)O)c(Cl)c1Br. The number of methoxy groups -OCH3 is 1. The normalized spacial score (nSPS) is 10.1. The number of rotatable bonds is 2. The molecule has 3 nitrogen and oxygen atoms in total. The van der Waals surface area contributed by atoms with Crippen molar-refractivity contribution >= 4 is 40.1 Å². The second kappa shape index (κ2) is 4.53. The van der Waals surface area contributed by atoms with Crippen molar-refractivity contribution < 1.29 is 14.8 Å². The first-order valence-corrected chi connectivity index (χ1v) is 5.04. The van der Waals surface area contributed by atoms with Crippen molar-refractivity contribution in [1.29, 1.82) is 0 Å². The van der Waals surface area contributed by atoms with E-state index in [2.05, 4.69) is 15.9 Å². The molecule has 0 amide bonds. The number of benzene rings is 1. The van der Waals surface area contributed by atoms with Crippen molar-refractivity contribution in [2.75, 3.05) is 7.11 Å². The third kappa shape index (κ3) is 2.06. The van der Waals surface area contributed by atoms with E-state index in [-0.39, 0.29) is 10.5 Å². The van der Waals surface area contributed by atoms with Crippen LogP contribution in [0.2, 0.25) is 5.02 Å². The highest BCUT2D eigenvalue weighted by atomic mass is 79.9. The molecule has 2 N–H and O–H groups in total. The summed E-state index contributed by atoms with van der Waals surface area (Å²) in [5.74, 6) is 0.597. The quantitative estimate of drug-likeness (QED) is 0.797. The van der Waals surface area contributed by atoms with Gasteiger partial charge in [0.05, 0.1) is 16.6 Å². The van der Waals surface area contributed by atoms with Crippen molar-refractivity contribution in [3.63, 3.8) is 0 Å². The Labute approximate surface area is 95.9 Å². The lowest BCUT2D eigenvalue weighted by Crippen LogP contribution is -2.31. The lowest BCUT2D eigenvalue weighted by Gasteiger charge is -2.12. The molecule has 1 aromatic carbocycles. The van der Waals surface area contributed by atoms with E-state index < -0.39 is 7.12 Å². The largest absolute Gasteiger partial charge is 0.495 e. The van der Waals surface area contributed by atoms with Gasteiger partial charge >= 0.3 is 7.12 Å². The molecule has 14 heavy (non-hydrogen) atoms. The van der Waals surface area contributed by atoms with Gasteiger partial charge in [0, 0.05) is 5.46 Å². The summed E-state index contributed by atoms with van der Waals surface area (Å²) >= 11 is 9.13. The van der Waals surface area contributed by atoms with Crippen LogP contribution in [0.5, 0.6) is 5.75 Å². The molecule has 1 aromatic rings. The Bertz CT molecular complexity index is 357. The molecule has 76 valence electrons. The minimum absolute atomic E-state index is 0.252. The molecule has 0 saturated heterocycles. The van der Waals surface area contributed by atoms with Gasteiger partial charge in [-0.25, -0.2) is 0 Å². The maximum absolute atomic E-state index is 9.03. The summed E-state index contributed by atoms with van der Waals surface area (Å²) in [6, 6.07) is 1.58. The van der Waals surface area contributed by atoms with Crippen LogP contribution in [0.4, 0.5) is 0 Å². The van der Waals surface area contributed by atoms with Crippen LogP contribution in [0, 0.1) is 6.92 Å². The highest BCUT2D eigenvalue weighted by Gasteiger charge is 2.21. The number of hydrogen-bond donors (Lipinski definition) is 2. The zero-order valence-electron chi connectivity index (χ0n) is 7.71. The highest BCUT2D eigenvalue weighted by molar-refractivity contribution is 9.10. The molecule has 0 aliphatic carbocycles. The van der Waals surface area contributed by atoms with Crippen LogP contribution in [-0.4, -0.2) is 24.3 Å². The predicted octanol–water partition coefficient (Wildman–Crippen LogP) is 1.10. The summed E-state index contributed by atoms with van der Waals surface area (Å²) in [7, 11) is -0.0539. The van der Waals surface area contributed by atoms with Crippen molar-refractivity contribution in [3.05, 3.63) is 21.1 Å². The first kappa shape index (κ1) is 11.8. The molecular formula is C8H9BBrClO3. The average molecular weight is 279 g/mol. The zero-order valence-corrected chi connectivity index (χ0v) is 10.1. The van der Waals surface area contributed by atoms with E-state index in [1.54, 1.807) is 13.0 Å². The molecule has 6 heteroatoms. The molecule has 0 bridgehead atoms. The van der Waals surface area contributed by atoms with E-state index in [9.17, 15) is 0 Å². The van der Waals surface area contributed by atoms with Gasteiger partial charge in [-0.2, -0.15) is 0 Å². The molecular weight excluding hydrogens is 270 g/mol. The van der Waals surface area contributed by atoms with Gasteiger partial charge in [-0.05, 0) is 28.4 Å². The van der Waals surface area contributed by atoms with E-state index in [0.29, 0.717) is 10.2 Å². The van der Waals surface area contributed by atoms with Gasteiger partial charge in [0.2, 0.25) is 0 Å². The summed E-state index contributed by atoms with van der Waals surface area (Å²) in [5, 5.41) is 18.3. The second-order valence-electron chi connectivity index (χ2n) is 2.82. The fraction of sp³-hybridized carbons (Fsp3) is 0.250. The van der Waals surface area contributed by atoms with Gasteiger partial charge in [0.1, 0.15) is 5.75 Å². The fourth-order valence-electron chi connectivity index (χ4n) is 1.20. The van der Waals surface area contributed by atoms with E-state index >= 15 is 0 Å². The molecule has 0 aliphatic rings. The molecule has 0 heterocycles. The molecule has 0 spiro atoms. The number of halogens is 2. The van der Waals surface area contributed by atoms with Crippen LogP contribution in [0.25, 0.3) is 0 Å². The number of hydrogen-bond acceptors (Lipinski definition) is 3. The number of ether oxygens (including phenoxy) is 1. The maximum atomic E-state index is 9.03. The van der Waals surface area contributed by atoms with Gasteiger partial charge in [-0.15, -0.1) is 0 Å².